The Morgan fingerprint density at radius 1 is 1.21 bits per heavy atom. The van der Waals surface area contributed by atoms with Crippen LogP contribution in [-0.2, 0) is 16.0 Å². The summed E-state index contributed by atoms with van der Waals surface area (Å²) in [5, 5.41) is 0. The Morgan fingerprint density at radius 3 is 2.42 bits per heavy atom. The molecule has 1 aromatic carbocycles. The van der Waals surface area contributed by atoms with Gasteiger partial charge in [0.25, 0.3) is 0 Å². The van der Waals surface area contributed by atoms with Crippen molar-refractivity contribution in [1.29, 1.82) is 0 Å². The van der Waals surface area contributed by atoms with Crippen LogP contribution in [0, 0.1) is 0 Å². The van der Waals surface area contributed by atoms with Crippen LogP contribution in [0.2, 0.25) is 0 Å². The van der Waals surface area contributed by atoms with Crippen molar-refractivity contribution in [2.45, 2.75) is 27.2 Å². The van der Waals surface area contributed by atoms with E-state index in [9.17, 15) is 4.79 Å². The van der Waals surface area contributed by atoms with Crippen molar-refractivity contribution in [3.63, 3.8) is 0 Å². The van der Waals surface area contributed by atoms with Gasteiger partial charge in [-0.05, 0) is 26.8 Å². The van der Waals surface area contributed by atoms with Crippen LogP contribution < -0.4 is 9.64 Å². The summed E-state index contributed by atoms with van der Waals surface area (Å²) >= 11 is 0. The van der Waals surface area contributed by atoms with E-state index in [1.165, 1.54) is 0 Å². The molecule has 4 nitrogen and oxygen atoms in total. The van der Waals surface area contributed by atoms with Crippen LogP contribution in [0.1, 0.15) is 26.3 Å². The van der Waals surface area contributed by atoms with Crippen LogP contribution in [0.15, 0.2) is 18.2 Å². The highest BCUT2D eigenvalue weighted by Gasteiger charge is 2.15. The number of nitrogens with zero attached hydrogens (tertiary/aromatic N) is 1. The summed E-state index contributed by atoms with van der Waals surface area (Å²) in [5.41, 5.74) is 1.89. The minimum Gasteiger partial charge on any atom is -0.494 e. The predicted octanol–water partition coefficient (Wildman–Crippen LogP) is 2.65. The van der Waals surface area contributed by atoms with Gasteiger partial charge in [-0.1, -0.05) is 12.1 Å². The van der Waals surface area contributed by atoms with E-state index in [1.807, 2.05) is 18.2 Å². The number of para-hydroxylation sites is 1. The van der Waals surface area contributed by atoms with Crippen molar-refractivity contribution in [2.75, 3.05) is 31.7 Å². The molecule has 0 atom stereocenters. The molecule has 0 amide bonds. The van der Waals surface area contributed by atoms with Gasteiger partial charge in [-0.2, -0.15) is 0 Å². The van der Waals surface area contributed by atoms with Crippen molar-refractivity contribution in [1.82, 2.24) is 0 Å². The molecule has 0 aromatic heterocycles. The Balaban J connectivity index is 3.05. The van der Waals surface area contributed by atoms with Gasteiger partial charge in [-0.25, -0.2) is 0 Å². The molecule has 4 heteroatoms. The van der Waals surface area contributed by atoms with E-state index in [2.05, 4.69) is 18.7 Å². The van der Waals surface area contributed by atoms with E-state index in [-0.39, 0.29) is 12.4 Å². The molecule has 0 spiro atoms. The molecule has 0 radical (unpaired) electrons. The van der Waals surface area contributed by atoms with Gasteiger partial charge in [0, 0.05) is 18.7 Å². The minimum absolute atomic E-state index is 0.225. The summed E-state index contributed by atoms with van der Waals surface area (Å²) in [6, 6.07) is 5.87. The Labute approximate surface area is 115 Å². The predicted molar refractivity (Wildman–Crippen MR) is 76.9 cm³/mol. The number of rotatable bonds is 7. The average Bonchev–Trinajstić information content (AvgIpc) is 2.40. The fourth-order valence-corrected chi connectivity index (χ4v) is 2.13. The first-order chi connectivity index (χ1) is 9.17. The number of hydrogen-bond acceptors (Lipinski definition) is 4. The quantitative estimate of drug-likeness (QED) is 0.710. The zero-order chi connectivity index (χ0) is 14.3. The molecular weight excluding hydrogens is 242 g/mol. The van der Waals surface area contributed by atoms with Crippen LogP contribution in [0.3, 0.4) is 0 Å². The first-order valence-corrected chi connectivity index (χ1v) is 6.74. The Hall–Kier alpha value is -1.71. The first kappa shape index (κ1) is 15.3. The lowest BCUT2D eigenvalue weighted by Crippen LogP contribution is -2.23. The monoisotopic (exact) mass is 265 g/mol. The summed E-state index contributed by atoms with van der Waals surface area (Å²) in [5.74, 6) is 0.539. The third-order valence-electron chi connectivity index (χ3n) is 3.02. The van der Waals surface area contributed by atoms with E-state index in [0.717, 1.165) is 30.1 Å². The molecule has 0 fully saturated rings. The summed E-state index contributed by atoms with van der Waals surface area (Å²) < 4.78 is 10.5. The second kappa shape index (κ2) is 7.67. The third-order valence-corrected chi connectivity index (χ3v) is 3.02. The molecule has 1 rings (SSSR count). The molecule has 0 bridgehead atoms. The highest BCUT2D eigenvalue weighted by atomic mass is 16.5. The Kier molecular flexibility index (Phi) is 6.19. The van der Waals surface area contributed by atoms with Crippen LogP contribution in [-0.4, -0.2) is 32.8 Å². The maximum atomic E-state index is 11.6. The highest BCUT2D eigenvalue weighted by molar-refractivity contribution is 5.75. The van der Waals surface area contributed by atoms with Gasteiger partial charge < -0.3 is 14.4 Å². The third kappa shape index (κ3) is 3.88. The summed E-state index contributed by atoms with van der Waals surface area (Å²) in [4.78, 5) is 13.8. The van der Waals surface area contributed by atoms with Gasteiger partial charge in [0.1, 0.15) is 5.75 Å². The molecule has 106 valence electrons. The van der Waals surface area contributed by atoms with Gasteiger partial charge in [0.15, 0.2) is 0 Å². The largest absolute Gasteiger partial charge is 0.494 e. The molecule has 0 N–H and O–H groups in total. The van der Waals surface area contributed by atoms with Gasteiger partial charge in [0.2, 0.25) is 0 Å². The van der Waals surface area contributed by atoms with E-state index in [1.54, 1.807) is 14.0 Å². The Bertz CT molecular complexity index is 414. The maximum absolute atomic E-state index is 11.6. The van der Waals surface area contributed by atoms with Crippen molar-refractivity contribution in [3.8, 4) is 5.75 Å². The van der Waals surface area contributed by atoms with Gasteiger partial charge in [-0.3, -0.25) is 4.79 Å². The van der Waals surface area contributed by atoms with Gasteiger partial charge >= 0.3 is 5.97 Å². The molecule has 0 aliphatic carbocycles. The second-order valence-electron chi connectivity index (χ2n) is 4.12. The number of ether oxygens (including phenoxy) is 2. The van der Waals surface area contributed by atoms with Crippen molar-refractivity contribution >= 4 is 11.7 Å². The summed E-state index contributed by atoms with van der Waals surface area (Å²) in [7, 11) is 1.64. The SMILES string of the molecule is CCOC(=O)Cc1cccc(N(CC)CC)c1OC. The zero-order valence-electron chi connectivity index (χ0n) is 12.2. The van der Waals surface area contributed by atoms with Gasteiger partial charge in [0.05, 0.1) is 25.8 Å². The molecule has 0 aliphatic heterocycles. The van der Waals surface area contributed by atoms with Crippen LogP contribution in [0.4, 0.5) is 5.69 Å². The van der Waals surface area contributed by atoms with E-state index < -0.39 is 0 Å². The fraction of sp³-hybridized carbons (Fsp3) is 0.533. The van der Waals surface area contributed by atoms with Crippen LogP contribution in [0.25, 0.3) is 0 Å². The first-order valence-electron chi connectivity index (χ1n) is 6.74. The number of anilines is 1. The van der Waals surface area contributed by atoms with Crippen molar-refractivity contribution in [2.24, 2.45) is 0 Å². The lowest BCUT2D eigenvalue weighted by molar-refractivity contribution is -0.142. The molecular formula is C15H23NO3. The lowest BCUT2D eigenvalue weighted by atomic mass is 10.1. The van der Waals surface area contributed by atoms with E-state index in [4.69, 9.17) is 9.47 Å². The normalized spacial score (nSPS) is 10.1. The number of hydrogen-bond donors (Lipinski definition) is 0. The standard InChI is InChI=1S/C15H23NO3/c1-5-16(6-2)13-10-8-9-12(15(13)18-4)11-14(17)19-7-3/h8-10H,5-7,11H2,1-4H3. The molecule has 0 unspecified atom stereocenters. The number of benzene rings is 1. The molecule has 1 aromatic rings. The summed E-state index contributed by atoms with van der Waals surface area (Å²) in [6.45, 7) is 8.20. The summed E-state index contributed by atoms with van der Waals surface area (Å²) in [6.07, 6.45) is 0.242. The second-order valence-corrected chi connectivity index (χ2v) is 4.12. The Morgan fingerprint density at radius 2 is 1.89 bits per heavy atom. The smallest absolute Gasteiger partial charge is 0.310 e. The number of esters is 1. The van der Waals surface area contributed by atoms with E-state index >= 15 is 0 Å². The van der Waals surface area contributed by atoms with Crippen LogP contribution >= 0.6 is 0 Å². The average molecular weight is 265 g/mol. The topological polar surface area (TPSA) is 38.8 Å². The van der Waals surface area contributed by atoms with Crippen molar-refractivity contribution in [3.05, 3.63) is 23.8 Å². The molecule has 0 saturated carbocycles. The number of carbonyl (C=O) groups is 1. The molecule has 19 heavy (non-hydrogen) atoms. The van der Waals surface area contributed by atoms with E-state index in [0.29, 0.717) is 6.61 Å². The zero-order valence-corrected chi connectivity index (χ0v) is 12.2. The fourth-order valence-electron chi connectivity index (χ4n) is 2.13. The number of methoxy groups -OCH3 is 1. The molecule has 0 saturated heterocycles. The maximum Gasteiger partial charge on any atom is 0.310 e. The molecule has 0 heterocycles. The minimum atomic E-state index is -0.225. The van der Waals surface area contributed by atoms with Crippen molar-refractivity contribution < 1.29 is 14.3 Å². The number of carbonyl (C=O) groups excluding carboxylic acids is 1. The van der Waals surface area contributed by atoms with Crippen LogP contribution in [0.5, 0.6) is 5.75 Å². The molecule has 0 aliphatic rings. The van der Waals surface area contributed by atoms with Gasteiger partial charge in [-0.15, -0.1) is 0 Å². The highest BCUT2D eigenvalue weighted by Crippen LogP contribution is 2.32. The lowest BCUT2D eigenvalue weighted by Gasteiger charge is -2.24.